The van der Waals surface area contributed by atoms with Gasteiger partial charge in [0.2, 0.25) is 0 Å². The molecule has 1 amide bonds. The van der Waals surface area contributed by atoms with Crippen LogP contribution in [0, 0.1) is 12.8 Å². The Labute approximate surface area is 164 Å². The lowest BCUT2D eigenvalue weighted by molar-refractivity contribution is -0.137. The van der Waals surface area contributed by atoms with Crippen molar-refractivity contribution in [3.63, 3.8) is 0 Å². The Morgan fingerprint density at radius 1 is 1.28 bits per heavy atom. The van der Waals surface area contributed by atoms with Crippen LogP contribution < -0.4 is 0 Å². The number of amides is 1. The van der Waals surface area contributed by atoms with Crippen molar-refractivity contribution in [1.82, 2.24) is 15.0 Å². The molecule has 29 heavy (non-hydrogen) atoms. The van der Waals surface area contributed by atoms with E-state index in [1.54, 1.807) is 19.1 Å². The highest BCUT2D eigenvalue weighted by Gasteiger charge is 2.46. The molecule has 150 valence electrons. The average Bonchev–Trinajstić information content (AvgIpc) is 3.41. The highest BCUT2D eigenvalue weighted by molar-refractivity contribution is 6.07. The summed E-state index contributed by atoms with van der Waals surface area (Å²) in [5.41, 5.74) is 0.838. The van der Waals surface area contributed by atoms with Crippen LogP contribution in [0.2, 0.25) is 0 Å². The van der Waals surface area contributed by atoms with Crippen LogP contribution in [0.25, 0.3) is 22.4 Å². The normalized spacial score (nSPS) is 21.3. The van der Waals surface area contributed by atoms with Gasteiger partial charge in [0.15, 0.2) is 0 Å². The fourth-order valence-electron chi connectivity index (χ4n) is 4.29. The Hall–Kier alpha value is -2.90. The molecular weight excluding hydrogens is 383 g/mol. The van der Waals surface area contributed by atoms with Gasteiger partial charge in [-0.15, -0.1) is 0 Å². The van der Waals surface area contributed by atoms with E-state index in [9.17, 15) is 18.0 Å². The summed E-state index contributed by atoms with van der Waals surface area (Å²) in [6.07, 6.45) is -1.34. The Kier molecular flexibility index (Phi) is 3.94. The highest BCUT2D eigenvalue weighted by atomic mass is 19.4. The van der Waals surface area contributed by atoms with Crippen LogP contribution in [0.5, 0.6) is 0 Å². The summed E-state index contributed by atoms with van der Waals surface area (Å²) in [5, 5.41) is 4.44. The Balaban J connectivity index is 1.63. The molecule has 2 aliphatic rings. The van der Waals surface area contributed by atoms with E-state index >= 15 is 0 Å². The van der Waals surface area contributed by atoms with E-state index in [1.165, 1.54) is 6.07 Å². The molecule has 8 heteroatoms. The van der Waals surface area contributed by atoms with E-state index < -0.39 is 11.7 Å². The number of hydrogen-bond donors (Lipinski definition) is 0. The molecule has 0 N–H and O–H groups in total. The van der Waals surface area contributed by atoms with Crippen molar-refractivity contribution in [2.75, 3.05) is 6.54 Å². The minimum Gasteiger partial charge on any atom is -0.335 e. The second-order valence-electron chi connectivity index (χ2n) is 7.79. The summed E-state index contributed by atoms with van der Waals surface area (Å²) in [4.78, 5) is 19.6. The maximum absolute atomic E-state index is 13.4. The molecule has 0 spiro atoms. The minimum atomic E-state index is -4.46. The summed E-state index contributed by atoms with van der Waals surface area (Å²) in [6.45, 7) is 2.41. The Bertz CT molecular complexity index is 1120. The third-order valence-electron chi connectivity index (χ3n) is 5.85. The molecule has 3 aromatic rings. The number of fused-ring (bicyclic) bond motifs is 2. The van der Waals surface area contributed by atoms with Crippen LogP contribution in [-0.2, 0) is 6.18 Å². The molecule has 2 unspecified atom stereocenters. The molecule has 5 rings (SSSR count). The minimum absolute atomic E-state index is 0.135. The number of piperidine rings is 1. The molecule has 1 saturated heterocycles. The van der Waals surface area contributed by atoms with Gasteiger partial charge in [0.1, 0.15) is 0 Å². The topological polar surface area (TPSA) is 59.2 Å². The predicted molar refractivity (Wildman–Crippen MR) is 99.1 cm³/mol. The standard InChI is InChI=1S/C21H18F3N3O2/c1-11-18-15(20(28)27-7-3-5-13-9-17(13)27)10-16(25-19(18)29-26-11)12-4-2-6-14(8-12)21(22,23)24/h2,4,6,8,10,13,17H,3,5,7,9H2,1H3. The molecule has 2 fully saturated rings. The van der Waals surface area contributed by atoms with Crippen molar-refractivity contribution in [3.05, 3.63) is 47.2 Å². The molecule has 5 nitrogen and oxygen atoms in total. The smallest absolute Gasteiger partial charge is 0.335 e. The largest absolute Gasteiger partial charge is 0.416 e. The van der Waals surface area contributed by atoms with Crippen LogP contribution >= 0.6 is 0 Å². The van der Waals surface area contributed by atoms with Crippen LogP contribution in [0.15, 0.2) is 34.9 Å². The lowest BCUT2D eigenvalue weighted by atomic mass is 10.0. The van der Waals surface area contributed by atoms with Gasteiger partial charge in [-0.3, -0.25) is 4.79 Å². The maximum atomic E-state index is 13.4. The number of aryl methyl sites for hydroxylation is 1. The van der Waals surface area contributed by atoms with Gasteiger partial charge >= 0.3 is 6.18 Å². The number of nitrogens with zero attached hydrogens (tertiary/aromatic N) is 3. The fraction of sp³-hybridized carbons (Fsp3) is 0.381. The summed E-state index contributed by atoms with van der Waals surface area (Å²) in [7, 11) is 0. The summed E-state index contributed by atoms with van der Waals surface area (Å²) < 4.78 is 44.7. The van der Waals surface area contributed by atoms with Gasteiger partial charge in [0, 0.05) is 18.2 Å². The molecule has 1 saturated carbocycles. The molecule has 3 heterocycles. The number of halogens is 3. The molecule has 1 aliphatic heterocycles. The second-order valence-corrected chi connectivity index (χ2v) is 7.79. The van der Waals surface area contributed by atoms with Crippen molar-refractivity contribution in [3.8, 4) is 11.3 Å². The van der Waals surface area contributed by atoms with Crippen LogP contribution in [0.4, 0.5) is 13.2 Å². The zero-order chi connectivity index (χ0) is 20.3. The number of alkyl halides is 3. The van der Waals surface area contributed by atoms with Crippen molar-refractivity contribution >= 4 is 17.0 Å². The molecule has 1 aromatic carbocycles. The van der Waals surface area contributed by atoms with E-state index in [0.29, 0.717) is 29.1 Å². The second kappa shape index (κ2) is 6.30. The third-order valence-corrected chi connectivity index (χ3v) is 5.85. The molecule has 0 bridgehead atoms. The average molecular weight is 401 g/mol. The zero-order valence-corrected chi connectivity index (χ0v) is 15.7. The van der Waals surface area contributed by atoms with Gasteiger partial charge in [0.25, 0.3) is 11.6 Å². The molecule has 2 atom stereocenters. The number of rotatable bonds is 2. The summed E-state index contributed by atoms with van der Waals surface area (Å²) in [6, 6.07) is 6.74. The number of carbonyl (C=O) groups excluding carboxylic acids is 1. The number of benzene rings is 1. The quantitative estimate of drug-likeness (QED) is 0.617. The first kappa shape index (κ1) is 18.1. The monoisotopic (exact) mass is 401 g/mol. The predicted octanol–water partition coefficient (Wildman–Crippen LogP) is 4.84. The third kappa shape index (κ3) is 3.07. The van der Waals surface area contributed by atoms with Crippen LogP contribution in [-0.4, -0.2) is 33.5 Å². The van der Waals surface area contributed by atoms with E-state index in [0.717, 1.165) is 31.4 Å². The van der Waals surface area contributed by atoms with E-state index in [4.69, 9.17) is 4.52 Å². The SMILES string of the molecule is Cc1noc2nc(-c3cccc(C(F)(F)F)c3)cc(C(=O)N3CCCC4CC43)c12. The van der Waals surface area contributed by atoms with Gasteiger partial charge in [-0.2, -0.15) is 13.2 Å². The Morgan fingerprint density at radius 2 is 2.10 bits per heavy atom. The number of likely N-dealkylation sites (tertiary alicyclic amines) is 1. The van der Waals surface area contributed by atoms with Crippen LogP contribution in [0.1, 0.15) is 40.9 Å². The fourth-order valence-corrected chi connectivity index (χ4v) is 4.29. The number of pyridine rings is 1. The first-order valence-corrected chi connectivity index (χ1v) is 9.58. The molecule has 0 radical (unpaired) electrons. The number of carbonyl (C=O) groups is 1. The Morgan fingerprint density at radius 3 is 2.90 bits per heavy atom. The van der Waals surface area contributed by atoms with Crippen molar-refractivity contribution in [2.45, 2.75) is 38.4 Å². The zero-order valence-electron chi connectivity index (χ0n) is 15.7. The summed E-state index contributed by atoms with van der Waals surface area (Å²) in [5.74, 6) is 0.431. The molecule has 2 aromatic heterocycles. The number of hydrogen-bond acceptors (Lipinski definition) is 4. The maximum Gasteiger partial charge on any atom is 0.416 e. The van der Waals surface area contributed by atoms with E-state index in [-0.39, 0.29) is 28.9 Å². The van der Waals surface area contributed by atoms with Crippen molar-refractivity contribution in [2.24, 2.45) is 5.92 Å². The first-order valence-electron chi connectivity index (χ1n) is 9.58. The van der Waals surface area contributed by atoms with E-state index in [1.807, 2.05) is 4.90 Å². The lowest BCUT2D eigenvalue weighted by Crippen LogP contribution is -2.37. The molecule has 1 aliphatic carbocycles. The summed E-state index contributed by atoms with van der Waals surface area (Å²) >= 11 is 0. The van der Waals surface area contributed by atoms with Gasteiger partial charge in [-0.25, -0.2) is 4.98 Å². The van der Waals surface area contributed by atoms with Crippen molar-refractivity contribution in [1.29, 1.82) is 0 Å². The number of aromatic nitrogens is 2. The first-order chi connectivity index (χ1) is 13.8. The van der Waals surface area contributed by atoms with Gasteiger partial charge in [-0.1, -0.05) is 17.3 Å². The molecular formula is C21H18F3N3O2. The van der Waals surface area contributed by atoms with E-state index in [2.05, 4.69) is 10.1 Å². The highest BCUT2D eigenvalue weighted by Crippen LogP contribution is 2.44. The van der Waals surface area contributed by atoms with Gasteiger partial charge in [-0.05, 0) is 50.3 Å². The van der Waals surface area contributed by atoms with Crippen LogP contribution in [0.3, 0.4) is 0 Å². The van der Waals surface area contributed by atoms with Gasteiger partial charge < -0.3 is 9.42 Å². The lowest BCUT2D eigenvalue weighted by Gasteiger charge is -2.27. The van der Waals surface area contributed by atoms with Gasteiger partial charge in [0.05, 0.1) is 27.9 Å². The van der Waals surface area contributed by atoms with Crippen molar-refractivity contribution < 1.29 is 22.5 Å².